The van der Waals surface area contributed by atoms with Gasteiger partial charge in [0, 0.05) is 13.1 Å². The van der Waals surface area contributed by atoms with Crippen molar-refractivity contribution in [3.8, 4) is 0 Å². The molecule has 1 fully saturated rings. The highest BCUT2D eigenvalue weighted by molar-refractivity contribution is 7.89. The van der Waals surface area contributed by atoms with Crippen molar-refractivity contribution in [2.45, 2.75) is 18.1 Å². The van der Waals surface area contributed by atoms with Gasteiger partial charge in [0.1, 0.15) is 0 Å². The van der Waals surface area contributed by atoms with Gasteiger partial charge >= 0.3 is 0 Å². The predicted molar refractivity (Wildman–Crippen MR) is 43.8 cm³/mol. The first kappa shape index (κ1) is 9.47. The number of piperidine rings is 1. The first-order chi connectivity index (χ1) is 5.54. The molecule has 1 heterocycles. The maximum absolute atomic E-state index is 10.9. The van der Waals surface area contributed by atoms with Crippen molar-refractivity contribution in [3.05, 3.63) is 0 Å². The van der Waals surface area contributed by atoms with Crippen molar-refractivity contribution in [3.63, 3.8) is 0 Å². The van der Waals surface area contributed by atoms with Gasteiger partial charge < -0.3 is 4.90 Å². The van der Waals surface area contributed by atoms with Gasteiger partial charge in [0.15, 0.2) is 0 Å². The first-order valence-corrected chi connectivity index (χ1v) is 5.36. The van der Waals surface area contributed by atoms with E-state index in [2.05, 4.69) is 0 Å². The normalized spacial score (nSPS) is 20.9. The van der Waals surface area contributed by atoms with E-state index in [1.54, 1.807) is 4.90 Å². The number of primary sulfonamides is 1. The number of carbonyl (C=O) groups excluding carboxylic acids is 1. The summed E-state index contributed by atoms with van der Waals surface area (Å²) in [6, 6.07) is 0. The van der Waals surface area contributed by atoms with Crippen LogP contribution in [0.5, 0.6) is 0 Å². The standard InChI is InChI=1S/C6H12N2O3S/c7-12(10,11)6-1-3-8(5-9)4-2-6/h5-6H,1-4H2,(H2,7,10,11). The van der Waals surface area contributed by atoms with E-state index < -0.39 is 15.3 Å². The van der Waals surface area contributed by atoms with Crippen LogP contribution in [0.15, 0.2) is 0 Å². The maximum atomic E-state index is 10.9. The van der Waals surface area contributed by atoms with E-state index in [9.17, 15) is 13.2 Å². The largest absolute Gasteiger partial charge is 0.345 e. The third-order valence-corrected chi connectivity index (χ3v) is 3.49. The van der Waals surface area contributed by atoms with Gasteiger partial charge in [0.2, 0.25) is 16.4 Å². The first-order valence-electron chi connectivity index (χ1n) is 3.75. The van der Waals surface area contributed by atoms with Gasteiger partial charge in [-0.1, -0.05) is 0 Å². The smallest absolute Gasteiger partial charge is 0.212 e. The Morgan fingerprint density at radius 3 is 2.17 bits per heavy atom. The minimum absolute atomic E-state index is 0.456. The molecule has 0 saturated carbocycles. The second-order valence-corrected chi connectivity index (χ2v) is 4.77. The summed E-state index contributed by atoms with van der Waals surface area (Å²) in [7, 11) is -3.40. The monoisotopic (exact) mass is 192 g/mol. The highest BCUT2D eigenvalue weighted by Crippen LogP contribution is 2.13. The van der Waals surface area contributed by atoms with Crippen molar-refractivity contribution in [2.75, 3.05) is 13.1 Å². The lowest BCUT2D eigenvalue weighted by molar-refractivity contribution is -0.118. The van der Waals surface area contributed by atoms with Crippen molar-refractivity contribution in [2.24, 2.45) is 5.14 Å². The molecule has 0 aromatic rings. The predicted octanol–water partition coefficient (Wildman–Crippen LogP) is -1.10. The fourth-order valence-electron chi connectivity index (χ4n) is 1.31. The molecule has 0 aromatic carbocycles. The van der Waals surface area contributed by atoms with Crippen molar-refractivity contribution in [1.82, 2.24) is 4.90 Å². The minimum atomic E-state index is -3.40. The lowest BCUT2D eigenvalue weighted by Gasteiger charge is -2.27. The molecule has 5 nitrogen and oxygen atoms in total. The van der Waals surface area contributed by atoms with Crippen molar-refractivity contribution < 1.29 is 13.2 Å². The Kier molecular flexibility index (Phi) is 2.69. The zero-order valence-electron chi connectivity index (χ0n) is 6.64. The number of hydrogen-bond donors (Lipinski definition) is 1. The Hall–Kier alpha value is -0.620. The SMILES string of the molecule is NS(=O)(=O)C1CCN(C=O)CC1. The van der Waals surface area contributed by atoms with Gasteiger partial charge in [0.25, 0.3) is 0 Å². The molecule has 1 amide bonds. The van der Waals surface area contributed by atoms with Crippen LogP contribution in [0.2, 0.25) is 0 Å². The number of rotatable bonds is 2. The average Bonchev–Trinajstić information content (AvgIpc) is 2.03. The molecule has 6 heteroatoms. The third kappa shape index (κ3) is 2.18. The highest BCUT2D eigenvalue weighted by Gasteiger charge is 2.26. The molecule has 1 aliphatic heterocycles. The number of sulfonamides is 1. The van der Waals surface area contributed by atoms with E-state index in [-0.39, 0.29) is 0 Å². The minimum Gasteiger partial charge on any atom is -0.345 e. The summed E-state index contributed by atoms with van der Waals surface area (Å²) in [5.74, 6) is 0. The molecular formula is C6H12N2O3S. The summed E-state index contributed by atoms with van der Waals surface area (Å²) in [5.41, 5.74) is 0. The Bertz CT molecular complexity index is 254. The van der Waals surface area contributed by atoms with Gasteiger partial charge in [-0.05, 0) is 12.8 Å². The molecule has 0 aromatic heterocycles. The van der Waals surface area contributed by atoms with Gasteiger partial charge in [-0.25, -0.2) is 13.6 Å². The summed E-state index contributed by atoms with van der Waals surface area (Å²) < 4.78 is 21.7. The van der Waals surface area contributed by atoms with Crippen LogP contribution in [0.4, 0.5) is 0 Å². The maximum Gasteiger partial charge on any atom is 0.212 e. The molecular weight excluding hydrogens is 180 g/mol. The quantitative estimate of drug-likeness (QED) is 0.564. The molecule has 2 N–H and O–H groups in total. The van der Waals surface area contributed by atoms with E-state index in [0.717, 1.165) is 6.41 Å². The number of likely N-dealkylation sites (tertiary alicyclic amines) is 1. The molecule has 70 valence electrons. The van der Waals surface area contributed by atoms with Crippen LogP contribution >= 0.6 is 0 Å². The number of amides is 1. The Morgan fingerprint density at radius 2 is 1.83 bits per heavy atom. The topological polar surface area (TPSA) is 80.5 Å². The van der Waals surface area contributed by atoms with Crippen LogP contribution in [0.3, 0.4) is 0 Å². The number of nitrogens with two attached hydrogens (primary N) is 1. The molecule has 1 saturated heterocycles. The molecule has 0 atom stereocenters. The molecule has 0 radical (unpaired) electrons. The number of hydrogen-bond acceptors (Lipinski definition) is 3. The average molecular weight is 192 g/mol. The van der Waals surface area contributed by atoms with Crippen LogP contribution < -0.4 is 5.14 Å². The van der Waals surface area contributed by atoms with Gasteiger partial charge in [-0.2, -0.15) is 0 Å². The molecule has 0 aliphatic carbocycles. The summed E-state index contributed by atoms with van der Waals surface area (Å²) in [6.07, 6.45) is 1.65. The lowest BCUT2D eigenvalue weighted by Crippen LogP contribution is -2.40. The van der Waals surface area contributed by atoms with Crippen LogP contribution in [0, 0.1) is 0 Å². The summed E-state index contributed by atoms with van der Waals surface area (Å²) in [6.45, 7) is 0.981. The number of carbonyl (C=O) groups is 1. The third-order valence-electron chi connectivity index (χ3n) is 2.09. The fraction of sp³-hybridized carbons (Fsp3) is 0.833. The summed E-state index contributed by atoms with van der Waals surface area (Å²) in [4.78, 5) is 11.8. The van der Waals surface area contributed by atoms with Crippen LogP contribution in [0.1, 0.15) is 12.8 Å². The molecule has 12 heavy (non-hydrogen) atoms. The van der Waals surface area contributed by atoms with Crippen LogP contribution in [-0.2, 0) is 14.8 Å². The van der Waals surface area contributed by atoms with E-state index in [1.165, 1.54) is 0 Å². The highest BCUT2D eigenvalue weighted by atomic mass is 32.2. The molecule has 0 spiro atoms. The van der Waals surface area contributed by atoms with Gasteiger partial charge in [-0.3, -0.25) is 4.79 Å². The fourth-order valence-corrected chi connectivity index (χ4v) is 2.18. The molecule has 0 bridgehead atoms. The summed E-state index contributed by atoms with van der Waals surface area (Å²) >= 11 is 0. The molecule has 1 rings (SSSR count). The molecule has 1 aliphatic rings. The van der Waals surface area contributed by atoms with Gasteiger partial charge in [0.05, 0.1) is 5.25 Å². The second kappa shape index (κ2) is 3.40. The van der Waals surface area contributed by atoms with E-state index >= 15 is 0 Å². The zero-order chi connectivity index (χ0) is 9.19. The van der Waals surface area contributed by atoms with Crippen LogP contribution in [-0.4, -0.2) is 38.1 Å². The Labute approximate surface area is 71.6 Å². The molecule has 0 unspecified atom stereocenters. The van der Waals surface area contributed by atoms with Gasteiger partial charge in [-0.15, -0.1) is 0 Å². The van der Waals surface area contributed by atoms with E-state index in [0.29, 0.717) is 25.9 Å². The number of nitrogens with zero attached hydrogens (tertiary/aromatic N) is 1. The van der Waals surface area contributed by atoms with E-state index in [4.69, 9.17) is 5.14 Å². The van der Waals surface area contributed by atoms with E-state index in [1.807, 2.05) is 0 Å². The second-order valence-electron chi connectivity index (χ2n) is 2.93. The lowest BCUT2D eigenvalue weighted by atomic mass is 10.1. The Balaban J connectivity index is 2.52. The van der Waals surface area contributed by atoms with Crippen LogP contribution in [0.25, 0.3) is 0 Å². The van der Waals surface area contributed by atoms with Crippen molar-refractivity contribution in [1.29, 1.82) is 0 Å². The Morgan fingerprint density at radius 1 is 1.33 bits per heavy atom. The summed E-state index contributed by atoms with van der Waals surface area (Å²) in [5, 5.41) is 4.50. The van der Waals surface area contributed by atoms with Crippen molar-refractivity contribution >= 4 is 16.4 Å². The zero-order valence-corrected chi connectivity index (χ0v) is 7.46.